The summed E-state index contributed by atoms with van der Waals surface area (Å²) in [6, 6.07) is 16.2. The van der Waals surface area contributed by atoms with Crippen molar-refractivity contribution >= 4 is 26.8 Å². The molecule has 1 aliphatic carbocycles. The van der Waals surface area contributed by atoms with Crippen LogP contribution in [-0.4, -0.2) is 33.9 Å². The van der Waals surface area contributed by atoms with Crippen molar-refractivity contribution in [1.29, 1.82) is 0 Å². The summed E-state index contributed by atoms with van der Waals surface area (Å²) in [5.41, 5.74) is 2.47. The molecule has 5 heteroatoms. The topological polar surface area (TPSA) is 41.1 Å². The predicted octanol–water partition coefficient (Wildman–Crippen LogP) is 6.49. The Morgan fingerprint density at radius 2 is 2.00 bits per heavy atom. The van der Waals surface area contributed by atoms with E-state index in [0.29, 0.717) is 24.7 Å². The highest BCUT2D eigenvalue weighted by molar-refractivity contribution is 9.10. The second kappa shape index (κ2) is 9.31. The fourth-order valence-electron chi connectivity index (χ4n) is 4.20. The Bertz CT molecular complexity index is 919. The lowest BCUT2D eigenvalue weighted by molar-refractivity contribution is 0.0754. The normalized spacial score (nSPS) is 16.3. The molecule has 3 aromatic rings. The Morgan fingerprint density at radius 1 is 1.21 bits per heavy atom. The van der Waals surface area contributed by atoms with Gasteiger partial charge in [-0.2, -0.15) is 5.10 Å². The number of halogens is 1. The molecule has 4 nitrogen and oxygen atoms in total. The van der Waals surface area contributed by atoms with Gasteiger partial charge in [0.15, 0.2) is 0 Å². The second-order valence-corrected chi connectivity index (χ2v) is 9.18. The maximum atomic E-state index is 6.20. The van der Waals surface area contributed by atoms with E-state index in [0.717, 1.165) is 27.5 Å². The summed E-state index contributed by atoms with van der Waals surface area (Å²) in [5, 5.41) is 8.23. The molecular weight excluding hydrogens is 426 g/mol. The first-order chi connectivity index (χ1) is 14.1. The van der Waals surface area contributed by atoms with Gasteiger partial charge < -0.3 is 4.74 Å². The smallest absolute Gasteiger partial charge is 0.142 e. The van der Waals surface area contributed by atoms with Crippen LogP contribution in [0.5, 0.6) is 5.75 Å². The average molecular weight is 456 g/mol. The first kappa shape index (κ1) is 20.4. The lowest BCUT2D eigenvalue weighted by atomic mass is 9.88. The largest absolute Gasteiger partial charge is 0.478 e. The minimum Gasteiger partial charge on any atom is -0.478 e. The van der Waals surface area contributed by atoms with Gasteiger partial charge in [-0.15, -0.1) is 0 Å². The molecule has 0 amide bonds. The second-order valence-electron chi connectivity index (χ2n) is 8.26. The molecule has 29 heavy (non-hydrogen) atoms. The SMILES string of the molecule is CCCC(CC(C)N(COc1ccc2cn[nH]c2c1)C1CC1)c1ccc(Br)cc1. The van der Waals surface area contributed by atoms with Gasteiger partial charge in [-0.1, -0.05) is 41.4 Å². The van der Waals surface area contributed by atoms with Crippen LogP contribution in [-0.2, 0) is 0 Å². The first-order valence-electron chi connectivity index (χ1n) is 10.7. The quantitative estimate of drug-likeness (QED) is 0.355. The van der Waals surface area contributed by atoms with E-state index in [1.54, 1.807) is 0 Å². The highest BCUT2D eigenvalue weighted by atomic mass is 79.9. The van der Waals surface area contributed by atoms with Gasteiger partial charge in [0.1, 0.15) is 12.5 Å². The number of nitrogens with zero attached hydrogens (tertiary/aromatic N) is 2. The van der Waals surface area contributed by atoms with Crippen molar-refractivity contribution in [2.75, 3.05) is 6.73 Å². The molecule has 0 bridgehead atoms. The molecule has 1 fully saturated rings. The van der Waals surface area contributed by atoms with Crippen LogP contribution in [0, 0.1) is 0 Å². The number of rotatable bonds is 10. The van der Waals surface area contributed by atoms with E-state index in [4.69, 9.17) is 4.74 Å². The molecule has 0 aliphatic heterocycles. The molecule has 4 rings (SSSR count). The third-order valence-electron chi connectivity index (χ3n) is 5.98. The zero-order valence-electron chi connectivity index (χ0n) is 17.3. The third kappa shape index (κ3) is 5.20. The standard InChI is InChI=1S/C24H30BrN3O/c1-3-4-19(18-5-8-21(25)9-6-18)13-17(2)28(22-10-11-22)16-29-23-12-7-20-15-26-27-24(20)14-23/h5-9,12,14-15,17,19,22H,3-4,10-11,13,16H2,1-2H3,(H,26,27). The lowest BCUT2D eigenvalue weighted by Crippen LogP contribution is -2.39. The van der Waals surface area contributed by atoms with Crippen LogP contribution in [0.15, 0.2) is 53.1 Å². The van der Waals surface area contributed by atoms with Crippen LogP contribution >= 0.6 is 15.9 Å². The number of hydrogen-bond acceptors (Lipinski definition) is 3. The molecule has 0 spiro atoms. The first-order valence-corrected chi connectivity index (χ1v) is 11.5. The fraction of sp³-hybridized carbons (Fsp3) is 0.458. The number of H-pyrrole nitrogens is 1. The highest BCUT2D eigenvalue weighted by Gasteiger charge is 2.33. The lowest BCUT2D eigenvalue weighted by Gasteiger charge is -2.32. The third-order valence-corrected chi connectivity index (χ3v) is 6.51. The van der Waals surface area contributed by atoms with Crippen LogP contribution in [0.3, 0.4) is 0 Å². The number of hydrogen-bond donors (Lipinski definition) is 1. The molecular formula is C24H30BrN3O. The number of fused-ring (bicyclic) bond motifs is 1. The summed E-state index contributed by atoms with van der Waals surface area (Å²) in [6.45, 7) is 5.29. The number of aromatic amines is 1. The number of nitrogens with one attached hydrogen (secondary N) is 1. The zero-order chi connectivity index (χ0) is 20.2. The van der Waals surface area contributed by atoms with Crippen molar-refractivity contribution in [1.82, 2.24) is 15.1 Å². The van der Waals surface area contributed by atoms with E-state index in [9.17, 15) is 0 Å². The Morgan fingerprint density at radius 3 is 2.72 bits per heavy atom. The van der Waals surface area contributed by atoms with E-state index in [2.05, 4.69) is 75.2 Å². The Labute approximate surface area is 181 Å². The number of benzene rings is 2. The molecule has 1 heterocycles. The number of ether oxygens (including phenoxy) is 1. The molecule has 1 aliphatic rings. The average Bonchev–Trinajstić information content (AvgIpc) is 3.44. The van der Waals surface area contributed by atoms with Crippen LogP contribution in [0.25, 0.3) is 10.9 Å². The monoisotopic (exact) mass is 455 g/mol. The van der Waals surface area contributed by atoms with E-state index >= 15 is 0 Å². The summed E-state index contributed by atoms with van der Waals surface area (Å²) in [4.78, 5) is 2.55. The number of aromatic nitrogens is 2. The van der Waals surface area contributed by atoms with E-state index in [1.165, 1.54) is 31.2 Å². The summed E-state index contributed by atoms with van der Waals surface area (Å²) >= 11 is 3.56. The minimum absolute atomic E-state index is 0.485. The van der Waals surface area contributed by atoms with Gasteiger partial charge in [0.05, 0.1) is 11.7 Å². The van der Waals surface area contributed by atoms with Crippen molar-refractivity contribution < 1.29 is 4.74 Å². The van der Waals surface area contributed by atoms with E-state index in [1.807, 2.05) is 18.3 Å². The fourth-order valence-corrected chi connectivity index (χ4v) is 4.47. The molecule has 1 N–H and O–H groups in total. The molecule has 1 saturated carbocycles. The van der Waals surface area contributed by atoms with Gasteiger partial charge in [0.2, 0.25) is 0 Å². The van der Waals surface area contributed by atoms with Gasteiger partial charge >= 0.3 is 0 Å². The molecule has 2 unspecified atom stereocenters. The molecule has 1 aromatic heterocycles. The van der Waals surface area contributed by atoms with Crippen molar-refractivity contribution in [2.45, 2.75) is 64.0 Å². The minimum atomic E-state index is 0.485. The molecule has 0 radical (unpaired) electrons. The Kier molecular flexibility index (Phi) is 6.56. The van der Waals surface area contributed by atoms with Gasteiger partial charge in [0.25, 0.3) is 0 Å². The van der Waals surface area contributed by atoms with Crippen molar-refractivity contribution in [3.8, 4) is 5.75 Å². The zero-order valence-corrected chi connectivity index (χ0v) is 18.9. The van der Waals surface area contributed by atoms with Gasteiger partial charge in [-0.05, 0) is 68.4 Å². The predicted molar refractivity (Wildman–Crippen MR) is 122 cm³/mol. The van der Waals surface area contributed by atoms with Crippen LogP contribution in [0.2, 0.25) is 0 Å². The Hall–Kier alpha value is -1.85. The summed E-state index contributed by atoms with van der Waals surface area (Å²) in [7, 11) is 0. The van der Waals surface area contributed by atoms with Crippen LogP contribution in [0.1, 0.15) is 57.4 Å². The summed E-state index contributed by atoms with van der Waals surface area (Å²) < 4.78 is 7.35. The van der Waals surface area contributed by atoms with Crippen LogP contribution < -0.4 is 4.74 Å². The van der Waals surface area contributed by atoms with Crippen molar-refractivity contribution in [3.05, 3.63) is 58.7 Å². The maximum absolute atomic E-state index is 6.20. The molecule has 2 aromatic carbocycles. The van der Waals surface area contributed by atoms with Gasteiger partial charge in [0, 0.05) is 28.0 Å². The highest BCUT2D eigenvalue weighted by Crippen LogP contribution is 2.34. The summed E-state index contributed by atoms with van der Waals surface area (Å²) in [6.07, 6.45) is 8.00. The molecule has 2 atom stereocenters. The summed E-state index contributed by atoms with van der Waals surface area (Å²) in [5.74, 6) is 1.49. The van der Waals surface area contributed by atoms with Crippen LogP contribution in [0.4, 0.5) is 0 Å². The van der Waals surface area contributed by atoms with Gasteiger partial charge in [-0.3, -0.25) is 10.00 Å². The van der Waals surface area contributed by atoms with E-state index in [-0.39, 0.29) is 0 Å². The van der Waals surface area contributed by atoms with Gasteiger partial charge in [-0.25, -0.2) is 0 Å². The molecule has 0 saturated heterocycles. The van der Waals surface area contributed by atoms with E-state index < -0.39 is 0 Å². The van der Waals surface area contributed by atoms with Crippen molar-refractivity contribution in [3.63, 3.8) is 0 Å². The maximum Gasteiger partial charge on any atom is 0.142 e. The molecule has 154 valence electrons. The van der Waals surface area contributed by atoms with Crippen molar-refractivity contribution in [2.24, 2.45) is 0 Å². The Balaban J connectivity index is 1.41.